The summed E-state index contributed by atoms with van der Waals surface area (Å²) in [4.78, 5) is 0. The Labute approximate surface area is 104 Å². The van der Waals surface area contributed by atoms with E-state index in [0.29, 0.717) is 6.54 Å². The predicted molar refractivity (Wildman–Crippen MR) is 69.2 cm³/mol. The first-order valence-corrected chi connectivity index (χ1v) is 7.21. The fourth-order valence-electron chi connectivity index (χ4n) is 1.96. The molecule has 1 aliphatic rings. The van der Waals surface area contributed by atoms with Crippen molar-refractivity contribution >= 4 is 10.0 Å². The van der Waals surface area contributed by atoms with Gasteiger partial charge >= 0.3 is 0 Å². The highest BCUT2D eigenvalue weighted by Crippen LogP contribution is 2.47. The van der Waals surface area contributed by atoms with Crippen molar-refractivity contribution in [2.45, 2.75) is 38.0 Å². The van der Waals surface area contributed by atoms with Crippen LogP contribution in [0, 0.1) is 0 Å². The summed E-state index contributed by atoms with van der Waals surface area (Å²) in [6.07, 6.45) is 0. The van der Waals surface area contributed by atoms with E-state index in [9.17, 15) is 8.42 Å². The zero-order valence-corrected chi connectivity index (χ0v) is 11.6. The van der Waals surface area contributed by atoms with Gasteiger partial charge in [-0.2, -0.15) is 4.31 Å². The van der Waals surface area contributed by atoms with Crippen LogP contribution in [0.15, 0.2) is 30.3 Å². The van der Waals surface area contributed by atoms with Gasteiger partial charge in [-0.25, -0.2) is 8.42 Å². The summed E-state index contributed by atoms with van der Waals surface area (Å²) in [5, 5.41) is 0. The van der Waals surface area contributed by atoms with Crippen molar-refractivity contribution in [3.63, 3.8) is 0 Å². The molecule has 94 valence electrons. The summed E-state index contributed by atoms with van der Waals surface area (Å²) in [6, 6.07) is 9.80. The molecular weight excluding hydrogens is 234 g/mol. The van der Waals surface area contributed by atoms with E-state index in [1.165, 1.54) is 0 Å². The number of hydrogen-bond donors (Lipinski definition) is 0. The van der Waals surface area contributed by atoms with E-state index < -0.39 is 14.8 Å². The van der Waals surface area contributed by atoms with Crippen LogP contribution in [-0.4, -0.2) is 24.0 Å². The lowest BCUT2D eigenvalue weighted by atomic mass is 10.0. The van der Waals surface area contributed by atoms with Gasteiger partial charge < -0.3 is 0 Å². The minimum absolute atomic E-state index is 0.354. The summed E-state index contributed by atoms with van der Waals surface area (Å²) in [7, 11) is -3.23. The Balaban J connectivity index is 2.33. The molecule has 0 N–H and O–H groups in total. The van der Waals surface area contributed by atoms with Crippen LogP contribution in [0.5, 0.6) is 0 Å². The molecule has 1 aliphatic heterocycles. The van der Waals surface area contributed by atoms with E-state index in [4.69, 9.17) is 0 Å². The molecule has 0 spiro atoms. The lowest BCUT2D eigenvalue weighted by Crippen LogP contribution is -2.35. The first kappa shape index (κ1) is 12.6. The molecule has 4 heteroatoms. The van der Waals surface area contributed by atoms with Crippen molar-refractivity contribution in [3.05, 3.63) is 35.9 Å². The minimum Gasteiger partial charge on any atom is -0.212 e. The fourth-order valence-corrected chi connectivity index (χ4v) is 3.68. The molecule has 0 radical (unpaired) electrons. The first-order chi connectivity index (χ1) is 7.69. The van der Waals surface area contributed by atoms with Crippen molar-refractivity contribution in [2.24, 2.45) is 0 Å². The number of benzene rings is 1. The largest absolute Gasteiger partial charge is 0.219 e. The monoisotopic (exact) mass is 253 g/mol. The van der Waals surface area contributed by atoms with E-state index >= 15 is 0 Å². The lowest BCUT2D eigenvalue weighted by molar-refractivity contribution is 0.492. The van der Waals surface area contributed by atoms with E-state index in [1.54, 1.807) is 25.1 Å². The second-order valence-corrected chi connectivity index (χ2v) is 8.38. The van der Waals surface area contributed by atoms with Crippen LogP contribution < -0.4 is 0 Å². The summed E-state index contributed by atoms with van der Waals surface area (Å²) >= 11 is 0. The highest BCUT2D eigenvalue weighted by atomic mass is 32.2. The molecule has 3 nitrogen and oxygen atoms in total. The lowest BCUT2D eigenvalue weighted by Gasteiger charge is -2.22. The molecule has 0 amide bonds. The SMILES string of the molecule is CC(C)(C)S(=O)(=O)N1C[C@@]1(C)c1ccccc1. The van der Waals surface area contributed by atoms with E-state index in [-0.39, 0.29) is 5.54 Å². The molecule has 2 atom stereocenters. The van der Waals surface area contributed by atoms with Gasteiger partial charge in [-0.05, 0) is 33.3 Å². The third kappa shape index (κ3) is 1.89. The normalized spacial score (nSPS) is 29.1. The third-order valence-corrected chi connectivity index (χ3v) is 6.02. The molecule has 1 fully saturated rings. The van der Waals surface area contributed by atoms with Gasteiger partial charge in [-0.1, -0.05) is 30.3 Å². The van der Waals surface area contributed by atoms with Gasteiger partial charge in [-0.15, -0.1) is 0 Å². The highest BCUT2D eigenvalue weighted by Gasteiger charge is 2.58. The van der Waals surface area contributed by atoms with Crippen molar-refractivity contribution in [1.82, 2.24) is 4.31 Å². The smallest absolute Gasteiger partial charge is 0.212 e. The summed E-state index contributed by atoms with van der Waals surface area (Å²) in [6.45, 7) is 7.78. The molecule has 0 aromatic heterocycles. The Morgan fingerprint density at radius 3 is 2.18 bits per heavy atom. The van der Waals surface area contributed by atoms with E-state index in [1.807, 2.05) is 37.3 Å². The molecule has 2 rings (SSSR count). The fraction of sp³-hybridized carbons (Fsp3) is 0.538. The Kier molecular flexibility index (Phi) is 2.64. The molecule has 1 aromatic carbocycles. The van der Waals surface area contributed by atoms with Crippen molar-refractivity contribution in [1.29, 1.82) is 0 Å². The Hall–Kier alpha value is -0.870. The maximum absolute atomic E-state index is 12.3. The second-order valence-electron chi connectivity index (χ2n) is 5.76. The summed E-state index contributed by atoms with van der Waals surface area (Å²) in [5.74, 6) is 0. The third-order valence-electron chi connectivity index (χ3n) is 3.36. The molecule has 1 aromatic rings. The number of rotatable bonds is 2. The number of nitrogens with zero attached hydrogens (tertiary/aromatic N) is 1. The van der Waals surface area contributed by atoms with Crippen LogP contribution in [0.2, 0.25) is 0 Å². The first-order valence-electron chi connectivity index (χ1n) is 5.77. The van der Waals surface area contributed by atoms with Crippen molar-refractivity contribution in [3.8, 4) is 0 Å². The average molecular weight is 253 g/mol. The standard InChI is InChI=1S/C13H19NO2S/c1-12(2,3)17(15,16)14-10-13(14,4)11-8-6-5-7-9-11/h5-9H,10H2,1-4H3/t13-,14?/m0/s1. The number of sulfonamides is 1. The maximum atomic E-state index is 12.3. The molecule has 1 saturated heterocycles. The molecular formula is C13H19NO2S. The van der Waals surface area contributed by atoms with E-state index in [0.717, 1.165) is 5.56 Å². The van der Waals surface area contributed by atoms with Crippen LogP contribution in [0.3, 0.4) is 0 Å². The predicted octanol–water partition coefficient (Wildman–Crippen LogP) is 2.35. The Bertz CT molecular complexity index is 516. The van der Waals surface area contributed by atoms with Crippen LogP contribution in [0.25, 0.3) is 0 Å². The molecule has 1 unspecified atom stereocenters. The average Bonchev–Trinajstić information content (AvgIpc) is 2.93. The van der Waals surface area contributed by atoms with Crippen LogP contribution in [0.4, 0.5) is 0 Å². The molecule has 17 heavy (non-hydrogen) atoms. The zero-order valence-electron chi connectivity index (χ0n) is 10.8. The molecule has 0 bridgehead atoms. The van der Waals surface area contributed by atoms with Gasteiger partial charge in [0.05, 0.1) is 10.3 Å². The van der Waals surface area contributed by atoms with Gasteiger partial charge in [-0.3, -0.25) is 0 Å². The van der Waals surface area contributed by atoms with E-state index in [2.05, 4.69) is 0 Å². The quantitative estimate of drug-likeness (QED) is 0.759. The Morgan fingerprint density at radius 1 is 1.18 bits per heavy atom. The van der Waals surface area contributed by atoms with Gasteiger partial charge in [0, 0.05) is 6.54 Å². The molecule has 0 aliphatic carbocycles. The van der Waals surface area contributed by atoms with Gasteiger partial charge in [0.1, 0.15) is 0 Å². The van der Waals surface area contributed by atoms with Crippen LogP contribution >= 0.6 is 0 Å². The molecule has 0 saturated carbocycles. The second kappa shape index (κ2) is 3.56. The topological polar surface area (TPSA) is 37.1 Å². The van der Waals surface area contributed by atoms with Crippen molar-refractivity contribution in [2.75, 3.05) is 6.54 Å². The van der Waals surface area contributed by atoms with Gasteiger partial charge in [0.25, 0.3) is 0 Å². The molecule has 1 heterocycles. The zero-order chi connectivity index (χ0) is 12.9. The number of hydrogen-bond acceptors (Lipinski definition) is 2. The summed E-state index contributed by atoms with van der Waals surface area (Å²) < 4.78 is 25.5. The van der Waals surface area contributed by atoms with Crippen molar-refractivity contribution < 1.29 is 8.42 Å². The summed E-state index contributed by atoms with van der Waals surface area (Å²) in [5.41, 5.74) is 0.709. The minimum atomic E-state index is -3.23. The maximum Gasteiger partial charge on any atom is 0.219 e. The Morgan fingerprint density at radius 2 is 1.71 bits per heavy atom. The highest BCUT2D eigenvalue weighted by molar-refractivity contribution is 7.90. The van der Waals surface area contributed by atoms with Gasteiger partial charge in [0.15, 0.2) is 0 Å². The van der Waals surface area contributed by atoms with Gasteiger partial charge in [0.2, 0.25) is 10.0 Å². The van der Waals surface area contributed by atoms with Crippen LogP contribution in [0.1, 0.15) is 33.3 Å². The van der Waals surface area contributed by atoms with Crippen LogP contribution in [-0.2, 0) is 15.6 Å².